The number of hydrogen-bond donors (Lipinski definition) is 0. The van der Waals surface area contributed by atoms with Crippen LogP contribution < -0.4 is 0 Å². The standard InChI is InChI=1S/C17H31N3O2/c1-10-15(18-8)20(16(21)22-17(5,6)7)14(4)11-12-19(9)13(2)3/h11-13H,4,10H2,1-3,5-9H3/b12-11-,18-15+. The second-order valence-corrected chi connectivity index (χ2v) is 6.38. The molecule has 0 fully saturated rings. The van der Waals surface area contributed by atoms with E-state index in [1.807, 2.05) is 45.8 Å². The number of amides is 1. The van der Waals surface area contributed by atoms with E-state index >= 15 is 0 Å². The van der Waals surface area contributed by atoms with Crippen LogP contribution in [0.4, 0.5) is 4.79 Å². The lowest BCUT2D eigenvalue weighted by Crippen LogP contribution is -2.39. The summed E-state index contributed by atoms with van der Waals surface area (Å²) in [5.74, 6) is 0.621. The minimum atomic E-state index is -0.569. The molecule has 0 saturated heterocycles. The molecule has 5 nitrogen and oxygen atoms in total. The number of rotatable bonds is 5. The van der Waals surface area contributed by atoms with Crippen molar-refractivity contribution >= 4 is 11.9 Å². The lowest BCUT2D eigenvalue weighted by atomic mass is 10.2. The van der Waals surface area contributed by atoms with Crippen LogP contribution in [-0.4, -0.2) is 47.5 Å². The molecule has 0 bridgehead atoms. The summed E-state index contributed by atoms with van der Waals surface area (Å²) in [6.45, 7) is 15.6. The fourth-order valence-electron chi connectivity index (χ4n) is 1.56. The molecule has 0 aromatic rings. The summed E-state index contributed by atoms with van der Waals surface area (Å²) in [5, 5.41) is 0. The summed E-state index contributed by atoms with van der Waals surface area (Å²) in [6.07, 6.45) is 3.84. The second-order valence-electron chi connectivity index (χ2n) is 6.38. The molecule has 0 aromatic heterocycles. The van der Waals surface area contributed by atoms with Crippen molar-refractivity contribution in [2.45, 2.75) is 59.6 Å². The van der Waals surface area contributed by atoms with Gasteiger partial charge in [-0.05, 0) is 40.7 Å². The van der Waals surface area contributed by atoms with E-state index in [1.165, 1.54) is 4.90 Å². The van der Waals surface area contributed by atoms with E-state index in [2.05, 4.69) is 25.4 Å². The first-order valence-electron chi connectivity index (χ1n) is 7.61. The smallest absolute Gasteiger partial charge is 0.420 e. The van der Waals surface area contributed by atoms with Crippen molar-refractivity contribution in [3.63, 3.8) is 0 Å². The van der Waals surface area contributed by atoms with Gasteiger partial charge in [0.1, 0.15) is 11.4 Å². The molecule has 0 unspecified atom stereocenters. The molecule has 0 aliphatic heterocycles. The molecule has 0 radical (unpaired) electrons. The number of hydrogen-bond acceptors (Lipinski definition) is 4. The van der Waals surface area contributed by atoms with Crippen molar-refractivity contribution in [1.29, 1.82) is 0 Å². The van der Waals surface area contributed by atoms with Crippen molar-refractivity contribution < 1.29 is 9.53 Å². The van der Waals surface area contributed by atoms with Gasteiger partial charge in [-0.2, -0.15) is 0 Å². The predicted octanol–water partition coefficient (Wildman–Crippen LogP) is 4.03. The summed E-state index contributed by atoms with van der Waals surface area (Å²) in [6, 6.07) is 0.365. The van der Waals surface area contributed by atoms with Gasteiger partial charge in [0.05, 0.1) is 0 Å². The minimum absolute atomic E-state index is 0.365. The van der Waals surface area contributed by atoms with Gasteiger partial charge in [0.25, 0.3) is 0 Å². The summed E-state index contributed by atoms with van der Waals surface area (Å²) in [4.78, 5) is 20.1. The third-order valence-electron chi connectivity index (χ3n) is 3.01. The molecule has 22 heavy (non-hydrogen) atoms. The molecule has 0 aliphatic rings. The van der Waals surface area contributed by atoms with Gasteiger partial charge in [-0.15, -0.1) is 0 Å². The molecule has 0 spiro atoms. The Morgan fingerprint density at radius 3 is 2.27 bits per heavy atom. The van der Waals surface area contributed by atoms with Crippen LogP contribution in [0.5, 0.6) is 0 Å². The van der Waals surface area contributed by atoms with Crippen LogP contribution in [0.2, 0.25) is 0 Å². The number of ether oxygens (including phenoxy) is 1. The molecule has 0 aliphatic carbocycles. The van der Waals surface area contributed by atoms with E-state index < -0.39 is 11.7 Å². The van der Waals surface area contributed by atoms with Gasteiger partial charge in [0, 0.05) is 38.5 Å². The van der Waals surface area contributed by atoms with E-state index in [4.69, 9.17) is 4.74 Å². The molecule has 5 heteroatoms. The van der Waals surface area contributed by atoms with Crippen LogP contribution in [0.1, 0.15) is 48.0 Å². The highest BCUT2D eigenvalue weighted by Gasteiger charge is 2.26. The fraction of sp³-hybridized carbons (Fsp3) is 0.647. The molecule has 0 aromatic carbocycles. The Hall–Kier alpha value is -1.78. The topological polar surface area (TPSA) is 45.1 Å². The number of carbonyl (C=O) groups is 1. The van der Waals surface area contributed by atoms with Crippen LogP contribution in [-0.2, 0) is 4.74 Å². The molecule has 1 amide bonds. The zero-order valence-electron chi connectivity index (χ0n) is 15.3. The maximum atomic E-state index is 12.5. The molecule has 126 valence electrons. The largest absolute Gasteiger partial charge is 0.443 e. The average molecular weight is 309 g/mol. The molecular weight excluding hydrogens is 278 g/mol. The van der Waals surface area contributed by atoms with Crippen molar-refractivity contribution in [1.82, 2.24) is 9.80 Å². The maximum absolute atomic E-state index is 12.5. The van der Waals surface area contributed by atoms with Crippen LogP contribution >= 0.6 is 0 Å². The van der Waals surface area contributed by atoms with E-state index in [9.17, 15) is 4.79 Å². The minimum Gasteiger partial charge on any atom is -0.443 e. The predicted molar refractivity (Wildman–Crippen MR) is 92.9 cm³/mol. The first-order chi connectivity index (χ1) is 10.0. The van der Waals surface area contributed by atoms with E-state index in [-0.39, 0.29) is 0 Å². The fourth-order valence-corrected chi connectivity index (χ4v) is 1.56. The highest BCUT2D eigenvalue weighted by Crippen LogP contribution is 2.16. The van der Waals surface area contributed by atoms with Crippen molar-refractivity contribution in [3.8, 4) is 0 Å². The van der Waals surface area contributed by atoms with Crippen LogP contribution in [0.25, 0.3) is 0 Å². The van der Waals surface area contributed by atoms with Gasteiger partial charge < -0.3 is 9.64 Å². The molecule has 0 saturated carbocycles. The summed E-state index contributed by atoms with van der Waals surface area (Å²) < 4.78 is 5.46. The number of amidine groups is 1. The van der Waals surface area contributed by atoms with E-state index in [0.29, 0.717) is 24.0 Å². The quantitative estimate of drug-likeness (QED) is 0.437. The number of carbonyl (C=O) groups excluding carboxylic acids is 1. The first kappa shape index (κ1) is 20.2. The molecule has 0 N–H and O–H groups in total. The Morgan fingerprint density at radius 2 is 1.91 bits per heavy atom. The van der Waals surface area contributed by atoms with Gasteiger partial charge in [-0.25, -0.2) is 9.69 Å². The Kier molecular flexibility index (Phi) is 7.91. The monoisotopic (exact) mass is 309 g/mol. The van der Waals surface area contributed by atoms with Crippen LogP contribution in [0.3, 0.4) is 0 Å². The maximum Gasteiger partial charge on any atom is 0.420 e. The molecular formula is C17H31N3O2. The van der Waals surface area contributed by atoms with Gasteiger partial charge in [0.15, 0.2) is 0 Å². The third-order valence-corrected chi connectivity index (χ3v) is 3.01. The Morgan fingerprint density at radius 1 is 1.36 bits per heavy atom. The van der Waals surface area contributed by atoms with Crippen molar-refractivity contribution in [2.75, 3.05) is 14.1 Å². The Balaban J connectivity index is 5.34. The average Bonchev–Trinajstić information content (AvgIpc) is 2.39. The first-order valence-corrected chi connectivity index (χ1v) is 7.61. The van der Waals surface area contributed by atoms with Gasteiger partial charge in [-0.3, -0.25) is 4.99 Å². The van der Waals surface area contributed by atoms with Crippen LogP contribution in [0, 0.1) is 0 Å². The summed E-state index contributed by atoms with van der Waals surface area (Å²) >= 11 is 0. The molecule has 0 rings (SSSR count). The number of aliphatic imine (C=N–C) groups is 1. The number of allylic oxidation sites excluding steroid dienone is 1. The summed E-state index contributed by atoms with van der Waals surface area (Å²) in [5.41, 5.74) is -0.0371. The van der Waals surface area contributed by atoms with E-state index in [1.54, 1.807) is 13.1 Å². The lowest BCUT2D eigenvalue weighted by Gasteiger charge is -2.28. The second kappa shape index (κ2) is 8.61. The van der Waals surface area contributed by atoms with Gasteiger partial charge in [-0.1, -0.05) is 13.5 Å². The number of nitrogens with zero attached hydrogens (tertiary/aromatic N) is 3. The molecule has 0 heterocycles. The Labute approximate surface area is 135 Å². The Bertz CT molecular complexity index is 445. The molecule has 0 atom stereocenters. The highest BCUT2D eigenvalue weighted by molar-refractivity contribution is 5.97. The van der Waals surface area contributed by atoms with Crippen molar-refractivity contribution in [2.24, 2.45) is 4.99 Å². The van der Waals surface area contributed by atoms with Crippen molar-refractivity contribution in [3.05, 3.63) is 24.6 Å². The SMILES string of the molecule is C=C(/C=C\N(C)C(C)C)N(C(=O)OC(C)(C)C)/C(CC)=N/C. The van der Waals surface area contributed by atoms with Gasteiger partial charge >= 0.3 is 6.09 Å². The van der Waals surface area contributed by atoms with Gasteiger partial charge in [0.2, 0.25) is 0 Å². The normalized spacial score (nSPS) is 12.7. The summed E-state index contributed by atoms with van der Waals surface area (Å²) in [7, 11) is 3.63. The lowest BCUT2D eigenvalue weighted by molar-refractivity contribution is 0.0414. The zero-order valence-corrected chi connectivity index (χ0v) is 15.3. The van der Waals surface area contributed by atoms with E-state index in [0.717, 1.165) is 0 Å². The third kappa shape index (κ3) is 6.78. The highest BCUT2D eigenvalue weighted by atomic mass is 16.6. The van der Waals surface area contributed by atoms with Crippen LogP contribution in [0.15, 0.2) is 29.5 Å². The zero-order chi connectivity index (χ0) is 17.5.